The molecule has 7 nitrogen and oxygen atoms in total. The van der Waals surface area contributed by atoms with E-state index in [0.717, 1.165) is 30.4 Å². The van der Waals surface area contributed by atoms with Gasteiger partial charge in [-0.05, 0) is 67.1 Å². The molecule has 1 saturated carbocycles. The zero-order chi connectivity index (χ0) is 27.3. The van der Waals surface area contributed by atoms with Gasteiger partial charge in [0.2, 0.25) is 0 Å². The summed E-state index contributed by atoms with van der Waals surface area (Å²) in [7, 11) is 0.182. The fourth-order valence-electron chi connectivity index (χ4n) is 3.75. The smallest absolute Gasteiger partial charge is 0.434 e. The molecular formula is C27H31F3N3O4S+. The highest BCUT2D eigenvalue weighted by Crippen LogP contribution is 2.47. The fraction of sp³-hybridized carbons (Fsp3) is 0.444. The average molecular weight is 551 g/mol. The Balaban J connectivity index is 1.44. The molecule has 1 aliphatic carbocycles. The number of pyridine rings is 1. The SMILES string of the molecule is CCOC(=O)C1(COc2ccc(-c3ccc(-c4nc(C(F)(F)F)cn4COCC[S+](C)C)cn3)cc2)CC1. The molecule has 0 N–H and O–H groups in total. The van der Waals surface area contributed by atoms with Crippen LogP contribution in [0.5, 0.6) is 5.75 Å². The van der Waals surface area contributed by atoms with Crippen LogP contribution < -0.4 is 4.74 Å². The number of imidazole rings is 1. The zero-order valence-electron chi connectivity index (χ0n) is 21.6. The minimum atomic E-state index is -4.56. The van der Waals surface area contributed by atoms with Gasteiger partial charge in [0.1, 0.15) is 36.1 Å². The van der Waals surface area contributed by atoms with Crippen molar-refractivity contribution in [3.63, 3.8) is 0 Å². The number of benzene rings is 1. The van der Waals surface area contributed by atoms with Gasteiger partial charge < -0.3 is 18.8 Å². The van der Waals surface area contributed by atoms with Crippen LogP contribution in [-0.4, -0.2) is 58.6 Å². The van der Waals surface area contributed by atoms with Crippen molar-refractivity contribution in [2.45, 2.75) is 32.7 Å². The molecule has 204 valence electrons. The lowest BCUT2D eigenvalue weighted by atomic mass is 10.1. The lowest BCUT2D eigenvalue weighted by Gasteiger charge is -2.15. The topological polar surface area (TPSA) is 75.5 Å². The van der Waals surface area contributed by atoms with E-state index in [2.05, 4.69) is 22.5 Å². The van der Waals surface area contributed by atoms with Crippen LogP contribution >= 0.6 is 0 Å². The molecule has 1 fully saturated rings. The number of hydrogen-bond acceptors (Lipinski definition) is 6. The molecule has 0 saturated heterocycles. The molecule has 1 aromatic carbocycles. The third-order valence-electron chi connectivity index (χ3n) is 6.18. The Bertz CT molecular complexity index is 1220. The molecule has 2 aromatic heterocycles. The maximum atomic E-state index is 13.3. The Hall–Kier alpha value is -3.05. The van der Waals surface area contributed by atoms with Gasteiger partial charge in [0.15, 0.2) is 5.69 Å². The summed E-state index contributed by atoms with van der Waals surface area (Å²) in [6.07, 6.45) is 3.58. The van der Waals surface area contributed by atoms with Gasteiger partial charge in [0.25, 0.3) is 0 Å². The molecule has 0 bridgehead atoms. The number of rotatable bonds is 12. The molecule has 2 heterocycles. The Labute approximate surface area is 222 Å². The quantitative estimate of drug-likeness (QED) is 0.175. The van der Waals surface area contributed by atoms with E-state index in [-0.39, 0.29) is 36.0 Å². The number of carbonyl (C=O) groups excluding carboxylic acids is 1. The third-order valence-corrected chi connectivity index (χ3v) is 7.17. The van der Waals surface area contributed by atoms with Crippen molar-refractivity contribution in [1.82, 2.24) is 14.5 Å². The van der Waals surface area contributed by atoms with Crippen LogP contribution in [0, 0.1) is 5.41 Å². The first kappa shape index (κ1) is 28.0. The van der Waals surface area contributed by atoms with E-state index >= 15 is 0 Å². The summed E-state index contributed by atoms with van der Waals surface area (Å²) in [6, 6.07) is 10.7. The number of aromatic nitrogens is 3. The van der Waals surface area contributed by atoms with Gasteiger partial charge in [-0.1, -0.05) is 0 Å². The molecule has 1 aliphatic rings. The summed E-state index contributed by atoms with van der Waals surface area (Å²) >= 11 is 0. The fourth-order valence-corrected chi connectivity index (χ4v) is 4.20. The van der Waals surface area contributed by atoms with Crippen LogP contribution in [0.4, 0.5) is 13.2 Å². The van der Waals surface area contributed by atoms with Crippen molar-refractivity contribution in [3.05, 3.63) is 54.5 Å². The molecule has 0 atom stereocenters. The van der Waals surface area contributed by atoms with Crippen molar-refractivity contribution in [1.29, 1.82) is 0 Å². The molecule has 0 aliphatic heterocycles. The van der Waals surface area contributed by atoms with Gasteiger partial charge in [0, 0.05) is 23.5 Å². The predicted molar refractivity (Wildman–Crippen MR) is 140 cm³/mol. The molecule has 3 aromatic rings. The summed E-state index contributed by atoms with van der Waals surface area (Å²) in [5, 5.41) is 0. The molecule has 0 unspecified atom stereocenters. The van der Waals surface area contributed by atoms with Crippen molar-refractivity contribution in [2.75, 3.05) is 38.1 Å². The van der Waals surface area contributed by atoms with Gasteiger partial charge in [-0.25, -0.2) is 4.98 Å². The van der Waals surface area contributed by atoms with Gasteiger partial charge >= 0.3 is 12.1 Å². The van der Waals surface area contributed by atoms with Gasteiger partial charge in [-0.2, -0.15) is 13.2 Å². The van der Waals surface area contributed by atoms with Crippen molar-refractivity contribution < 1.29 is 32.2 Å². The van der Waals surface area contributed by atoms with E-state index < -0.39 is 17.3 Å². The lowest BCUT2D eigenvalue weighted by molar-refractivity contribution is -0.151. The maximum Gasteiger partial charge on any atom is 0.434 e. The summed E-state index contributed by atoms with van der Waals surface area (Å²) < 4.78 is 58.0. The van der Waals surface area contributed by atoms with Gasteiger partial charge in [-0.15, -0.1) is 0 Å². The lowest BCUT2D eigenvalue weighted by Crippen LogP contribution is -2.25. The maximum absolute atomic E-state index is 13.3. The van der Waals surface area contributed by atoms with E-state index in [0.29, 0.717) is 30.2 Å². The largest absolute Gasteiger partial charge is 0.492 e. The molecule has 0 spiro atoms. The van der Waals surface area contributed by atoms with Crippen LogP contribution in [0.15, 0.2) is 48.8 Å². The molecule has 11 heteroatoms. The molecule has 0 radical (unpaired) electrons. The predicted octanol–water partition coefficient (Wildman–Crippen LogP) is 5.21. The normalized spacial score (nSPS) is 14.5. The van der Waals surface area contributed by atoms with Crippen molar-refractivity contribution in [2.24, 2.45) is 5.41 Å². The second-order valence-corrected chi connectivity index (χ2v) is 11.8. The first-order chi connectivity index (χ1) is 18.1. The minimum absolute atomic E-state index is 0.0315. The van der Waals surface area contributed by atoms with Crippen LogP contribution in [0.1, 0.15) is 25.5 Å². The number of hydrogen-bond donors (Lipinski definition) is 0. The number of ether oxygens (including phenoxy) is 3. The van der Waals surface area contributed by atoms with E-state index in [4.69, 9.17) is 14.2 Å². The molecule has 0 amide bonds. The average Bonchev–Trinajstić information content (AvgIpc) is 3.56. The first-order valence-electron chi connectivity index (χ1n) is 12.2. The standard InChI is InChI=1S/C27H31F3N3O4S/c1-4-36-25(34)26(11-12-26)17-37-21-8-5-19(6-9-21)22-10-7-20(15-31-22)24-32-23(27(28,29)30)16-33(24)18-35-13-14-38(2)3/h5-10,15-16H,4,11-14,17-18H2,1-3H3/q+1. The minimum Gasteiger partial charge on any atom is -0.492 e. The number of alkyl halides is 3. The highest BCUT2D eigenvalue weighted by molar-refractivity contribution is 7.95. The second kappa shape index (κ2) is 11.8. The van der Waals surface area contributed by atoms with Crippen LogP contribution in [0.2, 0.25) is 0 Å². The van der Waals surface area contributed by atoms with E-state index in [9.17, 15) is 18.0 Å². The van der Waals surface area contributed by atoms with Crippen LogP contribution in [-0.2, 0) is 38.1 Å². The van der Waals surface area contributed by atoms with Gasteiger partial charge in [-0.3, -0.25) is 9.78 Å². The monoisotopic (exact) mass is 550 g/mol. The zero-order valence-corrected chi connectivity index (χ0v) is 22.4. The third kappa shape index (κ3) is 6.87. The summed E-state index contributed by atoms with van der Waals surface area (Å²) in [4.78, 5) is 20.4. The first-order valence-corrected chi connectivity index (χ1v) is 14.5. The number of carbonyl (C=O) groups is 1. The van der Waals surface area contributed by atoms with E-state index in [1.165, 1.54) is 10.8 Å². The summed E-state index contributed by atoms with van der Waals surface area (Å²) in [5.74, 6) is 1.39. The molecular weight excluding hydrogens is 519 g/mol. The van der Waals surface area contributed by atoms with E-state index in [1.807, 2.05) is 12.1 Å². The Morgan fingerprint density at radius 1 is 1.11 bits per heavy atom. The van der Waals surface area contributed by atoms with Crippen LogP contribution in [0.3, 0.4) is 0 Å². The highest BCUT2D eigenvalue weighted by atomic mass is 32.2. The Morgan fingerprint density at radius 3 is 2.39 bits per heavy atom. The van der Waals surface area contributed by atoms with Crippen LogP contribution in [0.25, 0.3) is 22.6 Å². The number of nitrogens with zero attached hydrogens (tertiary/aromatic N) is 3. The Kier molecular flexibility index (Phi) is 8.67. The summed E-state index contributed by atoms with van der Waals surface area (Å²) in [5.41, 5.74) is 0.398. The van der Waals surface area contributed by atoms with E-state index in [1.54, 1.807) is 31.2 Å². The number of halogens is 3. The molecule has 38 heavy (non-hydrogen) atoms. The Morgan fingerprint density at radius 2 is 1.82 bits per heavy atom. The van der Waals surface area contributed by atoms with Crippen molar-refractivity contribution in [3.8, 4) is 28.4 Å². The highest BCUT2D eigenvalue weighted by Gasteiger charge is 2.52. The van der Waals surface area contributed by atoms with Crippen molar-refractivity contribution >= 4 is 16.9 Å². The van der Waals surface area contributed by atoms with Gasteiger partial charge in [0.05, 0.1) is 31.4 Å². The number of esters is 1. The second-order valence-electron chi connectivity index (χ2n) is 9.39. The summed E-state index contributed by atoms with van der Waals surface area (Å²) in [6.45, 7) is 2.82. The molecule has 4 rings (SSSR count).